The van der Waals surface area contributed by atoms with Crippen molar-refractivity contribution in [1.29, 1.82) is 0 Å². The van der Waals surface area contributed by atoms with E-state index in [9.17, 15) is 0 Å². The van der Waals surface area contributed by atoms with Crippen molar-refractivity contribution in [1.82, 2.24) is 0 Å². The zero-order valence-corrected chi connectivity index (χ0v) is 11.8. The maximum atomic E-state index is 5.67. The first-order chi connectivity index (χ1) is 8.95. The third-order valence-corrected chi connectivity index (χ3v) is 3.98. The lowest BCUT2D eigenvalue weighted by Gasteiger charge is -2.06. The van der Waals surface area contributed by atoms with E-state index < -0.39 is 9.76 Å². The third-order valence-electron chi connectivity index (χ3n) is 2.62. The molecule has 0 aliphatic carbocycles. The van der Waals surface area contributed by atoms with Crippen LogP contribution in [0.3, 0.4) is 0 Å². The monoisotopic (exact) mass is 258 g/mol. The SMILES string of the molecule is c1ccc(C[SiH2]OCCOc2ccccc2)cc1. The van der Waals surface area contributed by atoms with Gasteiger partial charge >= 0.3 is 0 Å². The smallest absolute Gasteiger partial charge is 0.166 e. The van der Waals surface area contributed by atoms with Gasteiger partial charge in [0.1, 0.15) is 12.4 Å². The Labute approximate surface area is 111 Å². The van der Waals surface area contributed by atoms with Crippen molar-refractivity contribution in [3.05, 3.63) is 66.2 Å². The Balaban J connectivity index is 1.54. The minimum absolute atomic E-state index is 0.467. The summed E-state index contributed by atoms with van der Waals surface area (Å²) < 4.78 is 11.2. The molecule has 0 spiro atoms. The fourth-order valence-electron chi connectivity index (χ4n) is 1.67. The molecule has 18 heavy (non-hydrogen) atoms. The predicted molar refractivity (Wildman–Crippen MR) is 76.6 cm³/mol. The summed E-state index contributed by atoms with van der Waals surface area (Å²) in [7, 11) is -0.467. The number of hydrogen-bond acceptors (Lipinski definition) is 2. The topological polar surface area (TPSA) is 18.5 Å². The van der Waals surface area contributed by atoms with Gasteiger partial charge in [-0.1, -0.05) is 48.5 Å². The molecule has 0 heterocycles. The zero-order chi connectivity index (χ0) is 12.5. The molecule has 2 aromatic carbocycles. The van der Waals surface area contributed by atoms with E-state index in [1.165, 1.54) is 5.56 Å². The number of rotatable bonds is 7. The highest BCUT2D eigenvalue weighted by atomic mass is 28.2. The summed E-state index contributed by atoms with van der Waals surface area (Å²) >= 11 is 0. The molecule has 0 N–H and O–H groups in total. The van der Waals surface area contributed by atoms with Crippen LogP contribution < -0.4 is 4.74 Å². The Morgan fingerprint density at radius 1 is 0.778 bits per heavy atom. The highest BCUT2D eigenvalue weighted by Gasteiger charge is 1.94. The number of ether oxygens (including phenoxy) is 1. The van der Waals surface area contributed by atoms with E-state index >= 15 is 0 Å². The number of benzene rings is 2. The van der Waals surface area contributed by atoms with E-state index in [0.717, 1.165) is 11.8 Å². The van der Waals surface area contributed by atoms with Crippen molar-refractivity contribution in [3.63, 3.8) is 0 Å². The van der Waals surface area contributed by atoms with Gasteiger partial charge in [-0.15, -0.1) is 0 Å². The molecule has 2 rings (SSSR count). The van der Waals surface area contributed by atoms with Gasteiger partial charge in [-0.2, -0.15) is 0 Å². The molecule has 0 saturated heterocycles. The molecule has 0 saturated carbocycles. The molecule has 0 amide bonds. The van der Waals surface area contributed by atoms with Gasteiger partial charge in [-0.25, -0.2) is 0 Å². The van der Waals surface area contributed by atoms with Crippen LogP contribution in [-0.4, -0.2) is 23.0 Å². The first kappa shape index (κ1) is 12.9. The van der Waals surface area contributed by atoms with Gasteiger partial charge in [0, 0.05) is 0 Å². The molecule has 0 aromatic heterocycles. The summed E-state index contributed by atoms with van der Waals surface area (Å²) in [5, 5.41) is 0. The summed E-state index contributed by atoms with van der Waals surface area (Å²) in [4.78, 5) is 0. The Hall–Kier alpha value is -1.58. The van der Waals surface area contributed by atoms with Crippen LogP contribution in [0, 0.1) is 0 Å². The summed E-state index contributed by atoms with van der Waals surface area (Å²) in [5.41, 5.74) is 1.37. The third kappa shape index (κ3) is 4.73. The minimum atomic E-state index is -0.467. The van der Waals surface area contributed by atoms with Gasteiger partial charge in [-0.05, 0) is 23.7 Å². The molecule has 0 aliphatic rings. The van der Waals surface area contributed by atoms with Crippen molar-refractivity contribution in [2.24, 2.45) is 0 Å². The predicted octanol–water partition coefficient (Wildman–Crippen LogP) is 2.37. The summed E-state index contributed by atoms with van der Waals surface area (Å²) in [6.45, 7) is 1.32. The van der Waals surface area contributed by atoms with Crippen LogP contribution in [0.25, 0.3) is 0 Å². The van der Waals surface area contributed by atoms with Gasteiger partial charge in [0.05, 0.1) is 6.61 Å². The van der Waals surface area contributed by atoms with Gasteiger partial charge in [0.25, 0.3) is 0 Å². The van der Waals surface area contributed by atoms with Crippen LogP contribution in [0.5, 0.6) is 5.75 Å². The second-order valence-corrected chi connectivity index (χ2v) is 5.33. The lowest BCUT2D eigenvalue weighted by molar-refractivity contribution is 0.223. The molecular weight excluding hydrogens is 240 g/mol. The number of para-hydroxylation sites is 1. The van der Waals surface area contributed by atoms with Gasteiger partial charge < -0.3 is 9.16 Å². The molecule has 0 radical (unpaired) electrons. The Bertz CT molecular complexity index is 387. The Morgan fingerprint density at radius 3 is 2.17 bits per heavy atom. The van der Waals surface area contributed by atoms with Gasteiger partial charge in [0.2, 0.25) is 0 Å². The molecule has 0 unspecified atom stereocenters. The van der Waals surface area contributed by atoms with Crippen molar-refractivity contribution in [2.75, 3.05) is 13.2 Å². The molecule has 0 atom stereocenters. The quantitative estimate of drug-likeness (QED) is 0.561. The Kier molecular flexibility index (Phi) is 5.49. The van der Waals surface area contributed by atoms with Gasteiger partial charge in [-0.3, -0.25) is 0 Å². The van der Waals surface area contributed by atoms with Gasteiger partial charge in [0.15, 0.2) is 9.76 Å². The maximum Gasteiger partial charge on any atom is 0.166 e. The van der Waals surface area contributed by atoms with Crippen LogP contribution >= 0.6 is 0 Å². The number of hydrogen-bond donors (Lipinski definition) is 0. The van der Waals surface area contributed by atoms with Crippen LogP contribution in [0.2, 0.25) is 0 Å². The molecule has 0 fully saturated rings. The van der Waals surface area contributed by atoms with E-state index in [-0.39, 0.29) is 0 Å². The lowest BCUT2D eigenvalue weighted by Crippen LogP contribution is -2.11. The van der Waals surface area contributed by atoms with E-state index in [1.54, 1.807) is 0 Å². The largest absolute Gasteiger partial charge is 0.491 e. The second-order valence-electron chi connectivity index (χ2n) is 4.01. The van der Waals surface area contributed by atoms with Crippen LogP contribution in [0.1, 0.15) is 5.56 Å². The van der Waals surface area contributed by atoms with Crippen molar-refractivity contribution >= 4 is 9.76 Å². The summed E-state index contributed by atoms with van der Waals surface area (Å²) in [5.74, 6) is 0.908. The summed E-state index contributed by atoms with van der Waals surface area (Å²) in [6.07, 6.45) is 0. The maximum absolute atomic E-state index is 5.67. The fraction of sp³-hybridized carbons (Fsp3) is 0.200. The van der Waals surface area contributed by atoms with Crippen LogP contribution in [-0.2, 0) is 10.5 Å². The Morgan fingerprint density at radius 2 is 1.44 bits per heavy atom. The minimum Gasteiger partial charge on any atom is -0.491 e. The standard InChI is InChI=1S/C15H18O2Si/c1-3-7-14(8-4-1)13-18-17-12-11-16-15-9-5-2-6-10-15/h1-10H,11-13,18H2. The fourth-order valence-corrected chi connectivity index (χ4v) is 2.71. The van der Waals surface area contributed by atoms with Crippen LogP contribution in [0.4, 0.5) is 0 Å². The van der Waals surface area contributed by atoms with Crippen molar-refractivity contribution in [2.45, 2.75) is 6.04 Å². The molecule has 0 aliphatic heterocycles. The van der Waals surface area contributed by atoms with Crippen molar-refractivity contribution in [3.8, 4) is 5.75 Å². The molecule has 2 nitrogen and oxygen atoms in total. The molecular formula is C15H18O2Si. The highest BCUT2D eigenvalue weighted by molar-refractivity contribution is 6.26. The second kappa shape index (κ2) is 7.69. The first-order valence-corrected chi connectivity index (χ1v) is 7.82. The average molecular weight is 258 g/mol. The van der Waals surface area contributed by atoms with E-state index in [4.69, 9.17) is 9.16 Å². The van der Waals surface area contributed by atoms with E-state index in [1.807, 2.05) is 36.4 Å². The van der Waals surface area contributed by atoms with Crippen molar-refractivity contribution < 1.29 is 9.16 Å². The zero-order valence-electron chi connectivity index (χ0n) is 10.4. The highest BCUT2D eigenvalue weighted by Crippen LogP contribution is 2.07. The van der Waals surface area contributed by atoms with E-state index in [0.29, 0.717) is 13.2 Å². The normalized spacial score (nSPS) is 10.9. The first-order valence-electron chi connectivity index (χ1n) is 6.25. The average Bonchev–Trinajstić information content (AvgIpc) is 2.45. The lowest BCUT2D eigenvalue weighted by atomic mass is 10.2. The van der Waals surface area contributed by atoms with Crippen LogP contribution in [0.15, 0.2) is 60.7 Å². The molecule has 3 heteroatoms. The molecule has 2 aromatic rings. The summed E-state index contributed by atoms with van der Waals surface area (Å²) in [6, 6.07) is 21.4. The van der Waals surface area contributed by atoms with E-state index in [2.05, 4.69) is 24.3 Å². The molecule has 94 valence electrons. The molecule has 0 bridgehead atoms.